The van der Waals surface area contributed by atoms with Gasteiger partial charge in [0.15, 0.2) is 0 Å². The third-order valence-corrected chi connectivity index (χ3v) is 3.76. The molecule has 1 aromatic carbocycles. The summed E-state index contributed by atoms with van der Waals surface area (Å²) in [4.78, 5) is 6.92. The van der Waals surface area contributed by atoms with Crippen molar-refractivity contribution in [2.24, 2.45) is 5.73 Å². The molecule has 19 heavy (non-hydrogen) atoms. The van der Waals surface area contributed by atoms with E-state index >= 15 is 0 Å². The van der Waals surface area contributed by atoms with E-state index in [1.54, 1.807) is 6.20 Å². The Hall–Kier alpha value is -1.94. The van der Waals surface area contributed by atoms with Crippen molar-refractivity contribution in [2.75, 3.05) is 11.4 Å². The van der Waals surface area contributed by atoms with Crippen LogP contribution in [0.2, 0.25) is 0 Å². The highest BCUT2D eigenvalue weighted by Gasteiger charge is 2.19. The summed E-state index contributed by atoms with van der Waals surface area (Å²) in [6.07, 6.45) is 4.63. The topological polar surface area (TPSA) is 42.1 Å². The first-order valence-corrected chi connectivity index (χ1v) is 6.72. The molecule has 0 bridgehead atoms. The zero-order valence-electron chi connectivity index (χ0n) is 10.5. The van der Waals surface area contributed by atoms with Crippen LogP contribution in [0, 0.1) is 0 Å². The van der Waals surface area contributed by atoms with Crippen molar-refractivity contribution in [3.8, 4) is 0 Å². The first-order chi connectivity index (χ1) is 9.25. The number of pyridine rings is 1. The van der Waals surface area contributed by atoms with Gasteiger partial charge in [0, 0.05) is 24.8 Å². The normalized spacial score (nSPS) is 14.0. The zero-order chi connectivity index (χ0) is 13.2. The summed E-state index contributed by atoms with van der Waals surface area (Å²) in [7, 11) is 0. The molecular weight excluding hydrogens is 254 g/mol. The lowest BCUT2D eigenvalue weighted by molar-refractivity contribution is 0.729. The third-order valence-electron chi connectivity index (χ3n) is 3.54. The molecule has 2 heterocycles. The van der Waals surface area contributed by atoms with E-state index in [4.69, 9.17) is 18.0 Å². The van der Waals surface area contributed by atoms with E-state index in [0.717, 1.165) is 30.8 Å². The van der Waals surface area contributed by atoms with Gasteiger partial charge in [0.1, 0.15) is 4.99 Å². The Kier molecular flexibility index (Phi) is 3.17. The van der Waals surface area contributed by atoms with Gasteiger partial charge < -0.3 is 10.6 Å². The fraction of sp³-hybridized carbons (Fsp3) is 0.200. The number of fused-ring (bicyclic) bond motifs is 1. The van der Waals surface area contributed by atoms with Crippen molar-refractivity contribution in [3.05, 3.63) is 59.4 Å². The largest absolute Gasteiger partial charge is 0.389 e. The Morgan fingerprint density at radius 1 is 1.21 bits per heavy atom. The molecule has 1 aromatic heterocycles. The van der Waals surface area contributed by atoms with Crippen molar-refractivity contribution in [3.63, 3.8) is 0 Å². The molecule has 0 radical (unpaired) electrons. The minimum absolute atomic E-state index is 0.427. The highest BCUT2D eigenvalue weighted by Crippen LogP contribution is 2.26. The van der Waals surface area contributed by atoms with Gasteiger partial charge in [-0.2, -0.15) is 0 Å². The quantitative estimate of drug-likeness (QED) is 0.849. The molecule has 0 atom stereocenters. The van der Waals surface area contributed by atoms with E-state index in [0.29, 0.717) is 4.99 Å². The summed E-state index contributed by atoms with van der Waals surface area (Å²) in [5.74, 6) is 0. The Labute approximate surface area is 118 Å². The fourth-order valence-electron chi connectivity index (χ4n) is 2.55. The van der Waals surface area contributed by atoms with Crippen molar-refractivity contribution >= 4 is 22.9 Å². The average molecular weight is 269 g/mol. The van der Waals surface area contributed by atoms with Crippen LogP contribution in [0.1, 0.15) is 16.7 Å². The second kappa shape index (κ2) is 4.97. The van der Waals surface area contributed by atoms with E-state index < -0.39 is 0 Å². The van der Waals surface area contributed by atoms with E-state index in [-0.39, 0.29) is 0 Å². The first-order valence-electron chi connectivity index (χ1n) is 6.31. The first kappa shape index (κ1) is 12.1. The molecule has 0 spiro atoms. The molecule has 0 saturated heterocycles. The maximum atomic E-state index is 5.79. The second-order valence-corrected chi connectivity index (χ2v) is 5.14. The van der Waals surface area contributed by atoms with Gasteiger partial charge in [-0.3, -0.25) is 4.98 Å². The smallest absolute Gasteiger partial charge is 0.106 e. The van der Waals surface area contributed by atoms with Crippen LogP contribution in [0.4, 0.5) is 5.69 Å². The monoisotopic (exact) mass is 269 g/mol. The lowest BCUT2D eigenvalue weighted by Crippen LogP contribution is -2.32. The molecule has 3 rings (SSSR count). The van der Waals surface area contributed by atoms with E-state index in [1.807, 2.05) is 12.3 Å². The lowest BCUT2D eigenvalue weighted by atomic mass is 9.99. The summed E-state index contributed by atoms with van der Waals surface area (Å²) in [5.41, 5.74) is 10.5. The van der Waals surface area contributed by atoms with Gasteiger partial charge in [0.05, 0.1) is 11.9 Å². The van der Waals surface area contributed by atoms with Crippen LogP contribution < -0.4 is 10.6 Å². The number of benzene rings is 1. The third kappa shape index (κ3) is 2.31. The van der Waals surface area contributed by atoms with Crippen LogP contribution in [0.25, 0.3) is 0 Å². The van der Waals surface area contributed by atoms with Crippen LogP contribution in [0.15, 0.2) is 42.7 Å². The predicted octanol–water partition coefficient (Wildman–Crippen LogP) is 2.28. The summed E-state index contributed by atoms with van der Waals surface area (Å²) in [5, 5.41) is 0. The summed E-state index contributed by atoms with van der Waals surface area (Å²) in [6.45, 7) is 1.86. The molecule has 2 N–H and O–H groups in total. The molecule has 96 valence electrons. The van der Waals surface area contributed by atoms with Crippen LogP contribution in [-0.2, 0) is 13.0 Å². The fourth-order valence-corrected chi connectivity index (χ4v) is 2.72. The molecule has 1 aliphatic heterocycles. The number of aromatic nitrogens is 1. The number of hydrogen-bond acceptors (Lipinski definition) is 3. The Morgan fingerprint density at radius 3 is 2.79 bits per heavy atom. The van der Waals surface area contributed by atoms with E-state index in [1.165, 1.54) is 11.1 Å². The predicted molar refractivity (Wildman–Crippen MR) is 81.3 cm³/mol. The number of nitrogens with two attached hydrogens (primary N) is 1. The molecule has 4 heteroatoms. The maximum Gasteiger partial charge on any atom is 0.106 e. The van der Waals surface area contributed by atoms with Crippen molar-refractivity contribution < 1.29 is 0 Å². The van der Waals surface area contributed by atoms with Gasteiger partial charge in [0.25, 0.3) is 0 Å². The standard InChI is InChI=1S/C15H15N3S/c16-15(19)13-5-7-17-9-14(13)18-8-6-11-3-1-2-4-12(11)10-18/h1-5,7,9H,6,8,10H2,(H2,16,19). The van der Waals surface area contributed by atoms with Crippen LogP contribution in [0.5, 0.6) is 0 Å². The number of thiocarbonyl (C=S) groups is 1. The van der Waals surface area contributed by atoms with Gasteiger partial charge in [0.2, 0.25) is 0 Å². The average Bonchev–Trinajstić information content (AvgIpc) is 2.46. The van der Waals surface area contributed by atoms with Crippen molar-refractivity contribution in [1.82, 2.24) is 4.98 Å². The molecular formula is C15H15N3S. The second-order valence-electron chi connectivity index (χ2n) is 4.70. The summed E-state index contributed by atoms with van der Waals surface area (Å²) >= 11 is 5.12. The molecule has 2 aromatic rings. The SMILES string of the molecule is NC(=S)c1ccncc1N1CCc2ccccc2C1. The van der Waals surface area contributed by atoms with Crippen molar-refractivity contribution in [2.45, 2.75) is 13.0 Å². The summed E-state index contributed by atoms with van der Waals surface area (Å²) < 4.78 is 0. The van der Waals surface area contributed by atoms with Gasteiger partial charge in [-0.15, -0.1) is 0 Å². The highest BCUT2D eigenvalue weighted by molar-refractivity contribution is 7.80. The molecule has 0 unspecified atom stereocenters. The Balaban J connectivity index is 1.95. The van der Waals surface area contributed by atoms with Gasteiger partial charge in [-0.05, 0) is 23.6 Å². The van der Waals surface area contributed by atoms with Crippen LogP contribution in [0.3, 0.4) is 0 Å². The molecule has 0 fully saturated rings. The molecule has 3 nitrogen and oxygen atoms in total. The zero-order valence-corrected chi connectivity index (χ0v) is 11.4. The number of anilines is 1. The van der Waals surface area contributed by atoms with Gasteiger partial charge in [-0.25, -0.2) is 0 Å². The minimum Gasteiger partial charge on any atom is -0.389 e. The highest BCUT2D eigenvalue weighted by atomic mass is 32.1. The summed E-state index contributed by atoms with van der Waals surface area (Å²) in [6, 6.07) is 10.4. The van der Waals surface area contributed by atoms with Gasteiger partial charge in [-0.1, -0.05) is 36.5 Å². The molecule has 1 aliphatic rings. The van der Waals surface area contributed by atoms with Crippen LogP contribution >= 0.6 is 12.2 Å². The number of rotatable bonds is 2. The van der Waals surface area contributed by atoms with Crippen LogP contribution in [-0.4, -0.2) is 16.5 Å². The maximum absolute atomic E-state index is 5.79. The minimum atomic E-state index is 0.427. The lowest BCUT2D eigenvalue weighted by Gasteiger charge is -2.31. The Morgan fingerprint density at radius 2 is 2.00 bits per heavy atom. The number of nitrogens with zero attached hydrogens (tertiary/aromatic N) is 2. The van der Waals surface area contributed by atoms with E-state index in [9.17, 15) is 0 Å². The molecule has 0 aliphatic carbocycles. The van der Waals surface area contributed by atoms with E-state index in [2.05, 4.69) is 34.1 Å². The molecule has 0 amide bonds. The Bertz CT molecular complexity index is 624. The molecule has 0 saturated carbocycles. The number of hydrogen-bond donors (Lipinski definition) is 1. The van der Waals surface area contributed by atoms with Gasteiger partial charge >= 0.3 is 0 Å². The van der Waals surface area contributed by atoms with Crippen molar-refractivity contribution in [1.29, 1.82) is 0 Å².